The number of pyridine rings is 1. The molecule has 0 fully saturated rings. The number of nitrogens with zero attached hydrogens (tertiary/aromatic N) is 3. The van der Waals surface area contributed by atoms with Crippen LogP contribution in [0, 0.1) is 0 Å². The largest absolute Gasteiger partial charge is 0.495 e. The number of halogens is 1. The first-order chi connectivity index (χ1) is 15.0. The zero-order chi connectivity index (χ0) is 22.0. The molecule has 0 radical (unpaired) electrons. The van der Waals surface area contributed by atoms with Crippen LogP contribution in [0.2, 0.25) is 5.02 Å². The summed E-state index contributed by atoms with van der Waals surface area (Å²) in [5, 5.41) is 3.72. The average Bonchev–Trinajstić information content (AvgIpc) is 3.05. The highest BCUT2D eigenvalue weighted by molar-refractivity contribution is 6.31. The topological polar surface area (TPSA) is 78.2 Å². The molecular formula is C23H21ClN4O3. The molecule has 2 aromatic carbocycles. The van der Waals surface area contributed by atoms with E-state index < -0.39 is 0 Å². The van der Waals surface area contributed by atoms with Crippen LogP contribution in [-0.4, -0.2) is 27.4 Å². The lowest BCUT2D eigenvalue weighted by Crippen LogP contribution is -2.27. The van der Waals surface area contributed by atoms with E-state index >= 15 is 0 Å². The maximum Gasteiger partial charge on any atom is 0.280 e. The summed E-state index contributed by atoms with van der Waals surface area (Å²) in [7, 11) is 1.51. The van der Waals surface area contributed by atoms with Gasteiger partial charge in [-0.3, -0.25) is 14.3 Å². The van der Waals surface area contributed by atoms with Crippen molar-refractivity contribution in [3.05, 3.63) is 81.7 Å². The normalized spacial score (nSPS) is 10.9. The van der Waals surface area contributed by atoms with Crippen molar-refractivity contribution < 1.29 is 9.53 Å². The minimum atomic E-state index is -0.345. The fourth-order valence-electron chi connectivity index (χ4n) is 3.47. The van der Waals surface area contributed by atoms with E-state index in [4.69, 9.17) is 16.3 Å². The Morgan fingerprint density at radius 3 is 2.65 bits per heavy atom. The van der Waals surface area contributed by atoms with Crippen LogP contribution < -0.4 is 15.6 Å². The molecule has 0 aliphatic carbocycles. The molecule has 0 atom stereocenters. The summed E-state index contributed by atoms with van der Waals surface area (Å²) in [6.07, 6.45) is 2.49. The summed E-state index contributed by atoms with van der Waals surface area (Å²) in [6.45, 7) is 1.94. The van der Waals surface area contributed by atoms with Gasteiger partial charge in [0, 0.05) is 11.2 Å². The lowest BCUT2D eigenvalue weighted by Gasteiger charge is -2.14. The third-order valence-corrected chi connectivity index (χ3v) is 5.25. The number of rotatable bonds is 6. The van der Waals surface area contributed by atoms with Gasteiger partial charge in [0.15, 0.2) is 5.65 Å². The predicted molar refractivity (Wildman–Crippen MR) is 121 cm³/mol. The summed E-state index contributed by atoms with van der Waals surface area (Å²) >= 11 is 6.06. The highest BCUT2D eigenvalue weighted by Gasteiger charge is 2.18. The standard InChI is InChI=1S/C23H21ClN4O3/c1-3-15-6-9-17(10-7-15)28-23(30)18-5-4-12-25-22(18)27(28)14-21(29)26-19-13-16(24)8-11-20(19)31-2/h4-13H,3,14H2,1-2H3,(H,26,29). The van der Waals surface area contributed by atoms with Gasteiger partial charge in [0.25, 0.3) is 5.56 Å². The van der Waals surface area contributed by atoms with Crippen LogP contribution in [-0.2, 0) is 17.8 Å². The molecule has 2 aromatic heterocycles. The van der Waals surface area contributed by atoms with E-state index in [1.54, 1.807) is 41.2 Å². The number of methoxy groups -OCH3 is 1. The average molecular weight is 437 g/mol. The van der Waals surface area contributed by atoms with Crippen LogP contribution in [0.5, 0.6) is 5.75 Å². The fourth-order valence-corrected chi connectivity index (χ4v) is 3.64. The van der Waals surface area contributed by atoms with E-state index in [1.807, 2.05) is 24.3 Å². The maximum absolute atomic E-state index is 13.1. The maximum atomic E-state index is 13.1. The van der Waals surface area contributed by atoms with Gasteiger partial charge in [0.05, 0.1) is 23.9 Å². The van der Waals surface area contributed by atoms with E-state index in [1.165, 1.54) is 11.8 Å². The van der Waals surface area contributed by atoms with Gasteiger partial charge in [-0.15, -0.1) is 0 Å². The molecule has 1 N–H and O–H groups in total. The first-order valence-electron chi connectivity index (χ1n) is 9.81. The van der Waals surface area contributed by atoms with Gasteiger partial charge in [-0.1, -0.05) is 30.7 Å². The van der Waals surface area contributed by atoms with E-state index in [-0.39, 0.29) is 18.0 Å². The molecule has 0 saturated heterocycles. The molecule has 0 unspecified atom stereocenters. The molecule has 0 aliphatic rings. The Morgan fingerprint density at radius 1 is 1.16 bits per heavy atom. The summed E-state index contributed by atoms with van der Waals surface area (Å²) in [5.74, 6) is 0.142. The number of aromatic nitrogens is 3. The zero-order valence-corrected chi connectivity index (χ0v) is 17.9. The minimum Gasteiger partial charge on any atom is -0.495 e. The van der Waals surface area contributed by atoms with Crippen LogP contribution in [0.15, 0.2) is 65.6 Å². The second kappa shape index (κ2) is 8.65. The van der Waals surface area contributed by atoms with Crippen molar-refractivity contribution in [1.29, 1.82) is 0 Å². The van der Waals surface area contributed by atoms with Gasteiger partial charge in [-0.25, -0.2) is 9.67 Å². The third kappa shape index (κ3) is 4.04. The highest BCUT2D eigenvalue weighted by Crippen LogP contribution is 2.27. The third-order valence-electron chi connectivity index (χ3n) is 5.01. The number of carbonyl (C=O) groups is 1. The molecule has 1 amide bonds. The number of ether oxygens (including phenoxy) is 1. The van der Waals surface area contributed by atoms with Crippen molar-refractivity contribution in [1.82, 2.24) is 14.3 Å². The number of anilines is 1. The number of hydrogen-bond donors (Lipinski definition) is 1. The monoisotopic (exact) mass is 436 g/mol. The Kier molecular flexibility index (Phi) is 5.77. The van der Waals surface area contributed by atoms with E-state index in [2.05, 4.69) is 17.2 Å². The number of nitrogens with one attached hydrogen (secondary N) is 1. The molecular weight excluding hydrogens is 416 g/mol. The number of carbonyl (C=O) groups excluding carboxylic acids is 1. The summed E-state index contributed by atoms with van der Waals surface area (Å²) in [6, 6.07) is 16.0. The molecule has 0 saturated carbocycles. The minimum absolute atomic E-state index is 0.124. The number of fused-ring (bicyclic) bond motifs is 1. The molecule has 0 aliphatic heterocycles. The Hall–Kier alpha value is -3.58. The second-order valence-corrected chi connectivity index (χ2v) is 7.40. The molecule has 2 heterocycles. The summed E-state index contributed by atoms with van der Waals surface area (Å²) in [5.41, 5.74) is 2.46. The smallest absolute Gasteiger partial charge is 0.280 e. The lowest BCUT2D eigenvalue weighted by molar-refractivity contribution is -0.117. The zero-order valence-electron chi connectivity index (χ0n) is 17.1. The first kappa shape index (κ1) is 20.7. The van der Waals surface area contributed by atoms with Crippen molar-refractivity contribution in [2.45, 2.75) is 19.9 Å². The van der Waals surface area contributed by atoms with Gasteiger partial charge in [-0.2, -0.15) is 0 Å². The Labute approximate surface area is 183 Å². The molecule has 158 valence electrons. The van der Waals surface area contributed by atoms with Gasteiger partial charge in [-0.05, 0) is 54.4 Å². The first-order valence-corrected chi connectivity index (χ1v) is 10.2. The van der Waals surface area contributed by atoms with Crippen molar-refractivity contribution in [3.8, 4) is 11.4 Å². The van der Waals surface area contributed by atoms with E-state index in [0.717, 1.165) is 12.0 Å². The van der Waals surface area contributed by atoms with E-state index in [9.17, 15) is 9.59 Å². The Balaban J connectivity index is 1.75. The predicted octanol–water partition coefficient (Wildman–Crippen LogP) is 4.05. The molecule has 4 rings (SSSR count). The lowest BCUT2D eigenvalue weighted by atomic mass is 10.1. The number of benzene rings is 2. The SMILES string of the molecule is CCc1ccc(-n2c(=O)c3cccnc3n2CC(=O)Nc2cc(Cl)ccc2OC)cc1. The van der Waals surface area contributed by atoms with Crippen molar-refractivity contribution in [3.63, 3.8) is 0 Å². The van der Waals surface area contributed by atoms with Crippen LogP contribution in [0.4, 0.5) is 5.69 Å². The van der Waals surface area contributed by atoms with E-state index in [0.29, 0.717) is 33.2 Å². The van der Waals surface area contributed by atoms with Crippen LogP contribution in [0.25, 0.3) is 16.7 Å². The number of hydrogen-bond acceptors (Lipinski definition) is 4. The van der Waals surface area contributed by atoms with Crippen LogP contribution in [0.3, 0.4) is 0 Å². The van der Waals surface area contributed by atoms with Gasteiger partial charge in [0.1, 0.15) is 12.3 Å². The molecule has 31 heavy (non-hydrogen) atoms. The molecule has 4 aromatic rings. The van der Waals surface area contributed by atoms with Crippen molar-refractivity contribution >= 4 is 34.2 Å². The molecule has 7 nitrogen and oxygen atoms in total. The van der Waals surface area contributed by atoms with Crippen LogP contribution >= 0.6 is 11.6 Å². The second-order valence-electron chi connectivity index (χ2n) is 6.96. The van der Waals surface area contributed by atoms with Crippen LogP contribution in [0.1, 0.15) is 12.5 Å². The van der Waals surface area contributed by atoms with Gasteiger partial charge in [0.2, 0.25) is 5.91 Å². The Morgan fingerprint density at radius 2 is 1.94 bits per heavy atom. The molecule has 8 heteroatoms. The highest BCUT2D eigenvalue weighted by atomic mass is 35.5. The molecule has 0 bridgehead atoms. The Bertz CT molecular complexity index is 1310. The van der Waals surface area contributed by atoms with Gasteiger partial charge < -0.3 is 10.1 Å². The van der Waals surface area contributed by atoms with Gasteiger partial charge >= 0.3 is 0 Å². The fraction of sp³-hybridized carbons (Fsp3) is 0.174. The summed E-state index contributed by atoms with van der Waals surface area (Å²) in [4.78, 5) is 30.4. The number of aryl methyl sites for hydroxylation is 1. The summed E-state index contributed by atoms with van der Waals surface area (Å²) < 4.78 is 8.35. The number of amides is 1. The molecule has 0 spiro atoms. The van der Waals surface area contributed by atoms with Crippen molar-refractivity contribution in [2.24, 2.45) is 0 Å². The van der Waals surface area contributed by atoms with Crippen molar-refractivity contribution in [2.75, 3.05) is 12.4 Å². The quantitative estimate of drug-likeness (QED) is 0.494.